The van der Waals surface area contributed by atoms with Gasteiger partial charge in [-0.25, -0.2) is 0 Å². The van der Waals surface area contributed by atoms with Crippen molar-refractivity contribution >= 4 is 6.29 Å². The average Bonchev–Trinajstić information content (AvgIpc) is 2.35. The van der Waals surface area contributed by atoms with Gasteiger partial charge in [0, 0.05) is 12.4 Å². The zero-order chi connectivity index (χ0) is 11.8. The Morgan fingerprint density at radius 1 is 1.44 bits per heavy atom. The number of rotatable bonds is 7. The molecule has 1 rings (SSSR count). The Morgan fingerprint density at radius 3 is 2.81 bits per heavy atom. The van der Waals surface area contributed by atoms with Crippen LogP contribution >= 0.6 is 0 Å². The highest BCUT2D eigenvalue weighted by molar-refractivity contribution is 5.56. The molecular formula is C12H19N3O. The van der Waals surface area contributed by atoms with Crippen LogP contribution in [0.3, 0.4) is 0 Å². The lowest BCUT2D eigenvalue weighted by atomic mass is 9.94. The van der Waals surface area contributed by atoms with Crippen LogP contribution in [0.2, 0.25) is 0 Å². The Balaban J connectivity index is 2.40. The molecule has 4 N–H and O–H groups in total. The number of hydrogen-bond donors (Lipinski definition) is 2. The van der Waals surface area contributed by atoms with Gasteiger partial charge in [0.1, 0.15) is 6.29 Å². The summed E-state index contributed by atoms with van der Waals surface area (Å²) in [6, 6.07) is 3.60. The summed E-state index contributed by atoms with van der Waals surface area (Å²) in [5.41, 5.74) is 12.4. The van der Waals surface area contributed by atoms with Crippen molar-refractivity contribution in [2.45, 2.75) is 25.3 Å². The van der Waals surface area contributed by atoms with Crippen LogP contribution in [-0.4, -0.2) is 23.9 Å². The molecule has 0 bridgehead atoms. The second-order valence-electron chi connectivity index (χ2n) is 4.04. The van der Waals surface area contributed by atoms with Gasteiger partial charge in [-0.05, 0) is 43.4 Å². The van der Waals surface area contributed by atoms with Gasteiger partial charge in [-0.1, -0.05) is 6.07 Å². The molecule has 2 atom stereocenters. The predicted octanol–water partition coefficient (Wildman–Crippen LogP) is 0.505. The van der Waals surface area contributed by atoms with Crippen molar-refractivity contribution in [2.24, 2.45) is 17.4 Å². The Bertz CT molecular complexity index is 302. The van der Waals surface area contributed by atoms with E-state index in [0.29, 0.717) is 18.9 Å². The number of nitrogens with zero attached hydrogens (tertiary/aromatic N) is 1. The van der Waals surface area contributed by atoms with E-state index in [1.165, 1.54) is 5.56 Å². The van der Waals surface area contributed by atoms with E-state index in [4.69, 9.17) is 11.5 Å². The molecule has 1 aromatic rings. The largest absolute Gasteiger partial charge is 0.330 e. The van der Waals surface area contributed by atoms with Gasteiger partial charge in [-0.2, -0.15) is 0 Å². The number of hydrogen-bond acceptors (Lipinski definition) is 4. The van der Waals surface area contributed by atoms with E-state index in [9.17, 15) is 4.79 Å². The molecule has 0 aromatic carbocycles. The van der Waals surface area contributed by atoms with Crippen molar-refractivity contribution in [1.82, 2.24) is 4.98 Å². The fourth-order valence-corrected chi connectivity index (χ4v) is 1.65. The molecule has 4 nitrogen and oxygen atoms in total. The van der Waals surface area contributed by atoms with E-state index in [1.807, 2.05) is 18.3 Å². The monoisotopic (exact) mass is 221 g/mol. The Morgan fingerprint density at radius 2 is 2.25 bits per heavy atom. The molecule has 88 valence electrons. The summed E-state index contributed by atoms with van der Waals surface area (Å²) < 4.78 is 0. The van der Waals surface area contributed by atoms with E-state index in [0.717, 1.165) is 19.1 Å². The van der Waals surface area contributed by atoms with Gasteiger partial charge in [0.25, 0.3) is 0 Å². The maximum absolute atomic E-state index is 10.4. The van der Waals surface area contributed by atoms with Crippen LogP contribution < -0.4 is 11.5 Å². The van der Waals surface area contributed by atoms with E-state index in [1.54, 1.807) is 6.20 Å². The van der Waals surface area contributed by atoms with Crippen molar-refractivity contribution in [2.75, 3.05) is 6.54 Å². The summed E-state index contributed by atoms with van der Waals surface area (Å²) >= 11 is 0. The van der Waals surface area contributed by atoms with Gasteiger partial charge in [-0.3, -0.25) is 4.98 Å². The lowest BCUT2D eigenvalue weighted by molar-refractivity contribution is -0.109. The topological polar surface area (TPSA) is 82.0 Å². The molecule has 1 unspecified atom stereocenters. The third-order valence-electron chi connectivity index (χ3n) is 2.66. The second-order valence-corrected chi connectivity index (χ2v) is 4.04. The lowest BCUT2D eigenvalue weighted by Gasteiger charge is -2.15. The van der Waals surface area contributed by atoms with Crippen LogP contribution in [0.15, 0.2) is 24.5 Å². The molecule has 0 fully saturated rings. The SMILES string of the molecule is NCC(CC[C@H](N)C=O)Cc1cccnc1. The average molecular weight is 221 g/mol. The van der Waals surface area contributed by atoms with Crippen LogP contribution in [0.25, 0.3) is 0 Å². The highest BCUT2D eigenvalue weighted by Gasteiger charge is 2.10. The van der Waals surface area contributed by atoms with Crippen molar-refractivity contribution in [1.29, 1.82) is 0 Å². The van der Waals surface area contributed by atoms with Crippen molar-refractivity contribution in [3.05, 3.63) is 30.1 Å². The fourth-order valence-electron chi connectivity index (χ4n) is 1.65. The molecular weight excluding hydrogens is 202 g/mol. The maximum Gasteiger partial charge on any atom is 0.136 e. The van der Waals surface area contributed by atoms with Gasteiger partial charge in [0.05, 0.1) is 6.04 Å². The van der Waals surface area contributed by atoms with E-state index < -0.39 is 0 Å². The quantitative estimate of drug-likeness (QED) is 0.657. The van der Waals surface area contributed by atoms with E-state index in [-0.39, 0.29) is 6.04 Å². The first-order valence-corrected chi connectivity index (χ1v) is 5.56. The lowest BCUT2D eigenvalue weighted by Crippen LogP contribution is -2.25. The summed E-state index contributed by atoms with van der Waals surface area (Å²) in [4.78, 5) is 14.5. The van der Waals surface area contributed by atoms with Gasteiger partial charge < -0.3 is 16.3 Å². The molecule has 16 heavy (non-hydrogen) atoms. The van der Waals surface area contributed by atoms with Crippen molar-refractivity contribution < 1.29 is 4.79 Å². The number of carbonyl (C=O) groups is 1. The third-order valence-corrected chi connectivity index (χ3v) is 2.66. The molecule has 0 saturated carbocycles. The van der Waals surface area contributed by atoms with Crippen LogP contribution in [0.5, 0.6) is 0 Å². The highest BCUT2D eigenvalue weighted by atomic mass is 16.1. The summed E-state index contributed by atoms with van der Waals surface area (Å²) in [6.45, 7) is 0.612. The third kappa shape index (κ3) is 4.51. The Hall–Kier alpha value is -1.26. The molecule has 0 amide bonds. The molecule has 0 radical (unpaired) electrons. The second kappa shape index (κ2) is 7.09. The van der Waals surface area contributed by atoms with Crippen LogP contribution in [-0.2, 0) is 11.2 Å². The van der Waals surface area contributed by atoms with Gasteiger partial charge in [0.15, 0.2) is 0 Å². The summed E-state index contributed by atoms with van der Waals surface area (Å²) in [7, 11) is 0. The van der Waals surface area contributed by atoms with Gasteiger partial charge in [-0.15, -0.1) is 0 Å². The van der Waals surface area contributed by atoms with Gasteiger partial charge in [0.2, 0.25) is 0 Å². The Kier molecular flexibility index (Phi) is 5.67. The molecule has 0 aliphatic carbocycles. The van der Waals surface area contributed by atoms with E-state index in [2.05, 4.69) is 4.98 Å². The minimum Gasteiger partial charge on any atom is -0.330 e. The molecule has 1 heterocycles. The molecule has 1 aromatic heterocycles. The maximum atomic E-state index is 10.4. The van der Waals surface area contributed by atoms with Crippen LogP contribution in [0.1, 0.15) is 18.4 Å². The molecule has 0 spiro atoms. The van der Waals surface area contributed by atoms with Gasteiger partial charge >= 0.3 is 0 Å². The van der Waals surface area contributed by atoms with Crippen molar-refractivity contribution in [3.8, 4) is 0 Å². The highest BCUT2D eigenvalue weighted by Crippen LogP contribution is 2.12. The number of carbonyl (C=O) groups excluding carboxylic acids is 1. The normalized spacial score (nSPS) is 14.4. The summed E-state index contributed by atoms with van der Waals surface area (Å²) in [6.07, 6.45) is 6.87. The Labute approximate surface area is 96.0 Å². The van der Waals surface area contributed by atoms with E-state index >= 15 is 0 Å². The van der Waals surface area contributed by atoms with Crippen LogP contribution in [0, 0.1) is 5.92 Å². The standard InChI is InChI=1S/C12H19N3O/c13-7-10(3-4-12(14)9-16)6-11-2-1-5-15-8-11/h1-2,5,8-10,12H,3-4,6-7,13-14H2/t10?,12-/m0/s1. The fraction of sp³-hybridized carbons (Fsp3) is 0.500. The zero-order valence-electron chi connectivity index (χ0n) is 9.38. The van der Waals surface area contributed by atoms with Crippen LogP contribution in [0.4, 0.5) is 0 Å². The molecule has 0 saturated heterocycles. The smallest absolute Gasteiger partial charge is 0.136 e. The zero-order valence-corrected chi connectivity index (χ0v) is 9.38. The molecule has 0 aliphatic rings. The first-order valence-electron chi connectivity index (χ1n) is 5.56. The minimum atomic E-state index is -0.358. The predicted molar refractivity (Wildman–Crippen MR) is 63.8 cm³/mol. The molecule has 0 aliphatic heterocycles. The number of aldehydes is 1. The number of aromatic nitrogens is 1. The number of nitrogens with two attached hydrogens (primary N) is 2. The van der Waals surface area contributed by atoms with Crippen molar-refractivity contribution in [3.63, 3.8) is 0 Å². The summed E-state index contributed by atoms with van der Waals surface area (Å²) in [5, 5.41) is 0. The molecule has 4 heteroatoms. The first kappa shape index (κ1) is 12.8. The minimum absolute atomic E-state index is 0.358. The number of pyridine rings is 1. The first-order chi connectivity index (χ1) is 7.76. The summed E-state index contributed by atoms with van der Waals surface area (Å²) in [5.74, 6) is 0.371.